The highest BCUT2D eigenvalue weighted by molar-refractivity contribution is 6.30. The van der Waals surface area contributed by atoms with Crippen LogP contribution in [0.5, 0.6) is 5.75 Å². The molecule has 0 saturated carbocycles. The first kappa shape index (κ1) is 16.4. The van der Waals surface area contributed by atoms with E-state index in [9.17, 15) is 5.26 Å². The molecule has 22 heavy (non-hydrogen) atoms. The minimum Gasteiger partial charge on any atom is -0.472 e. The van der Waals surface area contributed by atoms with E-state index in [-0.39, 0.29) is 0 Å². The molecule has 0 aliphatic heterocycles. The molecule has 2 nitrogen and oxygen atoms in total. The molecule has 0 spiro atoms. The maximum atomic E-state index is 9.50. The van der Waals surface area contributed by atoms with Crippen LogP contribution in [0.4, 0.5) is 0 Å². The molecule has 0 unspecified atom stereocenters. The Bertz CT molecular complexity index is 655. The summed E-state index contributed by atoms with van der Waals surface area (Å²) in [6.45, 7) is 6.10. The van der Waals surface area contributed by atoms with Crippen LogP contribution in [-0.2, 0) is 6.42 Å². The van der Waals surface area contributed by atoms with Gasteiger partial charge >= 0.3 is 0 Å². The Morgan fingerprint density at radius 1 is 1.09 bits per heavy atom. The van der Waals surface area contributed by atoms with Gasteiger partial charge in [-0.2, -0.15) is 5.26 Å². The summed E-state index contributed by atoms with van der Waals surface area (Å²) >= 11 is 5.89. The molecule has 0 aliphatic rings. The van der Waals surface area contributed by atoms with Crippen LogP contribution >= 0.6 is 11.6 Å². The topological polar surface area (TPSA) is 33.0 Å². The Morgan fingerprint density at radius 2 is 1.68 bits per heavy atom. The van der Waals surface area contributed by atoms with Crippen molar-refractivity contribution >= 4 is 11.6 Å². The van der Waals surface area contributed by atoms with Crippen molar-refractivity contribution in [3.8, 4) is 11.8 Å². The smallest absolute Gasteiger partial charge is 0.195 e. The van der Waals surface area contributed by atoms with Crippen LogP contribution in [0.15, 0.2) is 48.5 Å². The van der Waals surface area contributed by atoms with Crippen LogP contribution in [0.25, 0.3) is 0 Å². The summed E-state index contributed by atoms with van der Waals surface area (Å²) in [4.78, 5) is 0. The zero-order valence-electron chi connectivity index (χ0n) is 13.1. The molecule has 0 fully saturated rings. The minimum absolute atomic E-state index is 0.477. The van der Waals surface area contributed by atoms with Crippen LogP contribution in [-0.4, -0.2) is 5.60 Å². The Labute approximate surface area is 137 Å². The molecule has 0 heterocycles. The fourth-order valence-electron chi connectivity index (χ4n) is 2.27. The van der Waals surface area contributed by atoms with Gasteiger partial charge in [0.25, 0.3) is 0 Å². The molecule has 2 aromatic rings. The van der Waals surface area contributed by atoms with Gasteiger partial charge in [-0.15, -0.1) is 0 Å². The fraction of sp³-hybridized carbons (Fsp3) is 0.316. The number of hydrogen-bond acceptors (Lipinski definition) is 2. The zero-order valence-corrected chi connectivity index (χ0v) is 13.9. The number of benzene rings is 2. The van der Waals surface area contributed by atoms with Gasteiger partial charge in [0.1, 0.15) is 11.8 Å². The lowest BCUT2D eigenvalue weighted by atomic mass is 9.97. The fourth-order valence-corrected chi connectivity index (χ4v) is 2.40. The summed E-state index contributed by atoms with van der Waals surface area (Å²) in [7, 11) is 0. The van der Waals surface area contributed by atoms with Gasteiger partial charge in [-0.1, -0.05) is 49.7 Å². The second kappa shape index (κ2) is 6.85. The van der Waals surface area contributed by atoms with Gasteiger partial charge in [-0.25, -0.2) is 0 Å². The van der Waals surface area contributed by atoms with Gasteiger partial charge in [-0.3, -0.25) is 0 Å². The molecule has 0 aromatic heterocycles. The first-order valence-electron chi connectivity index (χ1n) is 7.36. The van der Waals surface area contributed by atoms with Crippen molar-refractivity contribution in [2.75, 3.05) is 0 Å². The van der Waals surface area contributed by atoms with Crippen molar-refractivity contribution in [1.29, 1.82) is 5.26 Å². The van der Waals surface area contributed by atoms with Crippen LogP contribution in [0.3, 0.4) is 0 Å². The molecule has 0 amide bonds. The van der Waals surface area contributed by atoms with Gasteiger partial charge in [0.05, 0.1) is 0 Å². The molecule has 1 atom stereocenters. The Balaban J connectivity index is 2.13. The second-order valence-electron chi connectivity index (χ2n) is 5.97. The third kappa shape index (κ3) is 4.26. The quantitative estimate of drug-likeness (QED) is 0.743. The van der Waals surface area contributed by atoms with Crippen molar-refractivity contribution in [2.45, 2.75) is 38.7 Å². The molecule has 114 valence electrons. The van der Waals surface area contributed by atoms with Crippen LogP contribution < -0.4 is 4.74 Å². The average molecular weight is 314 g/mol. The lowest BCUT2D eigenvalue weighted by Gasteiger charge is -2.24. The van der Waals surface area contributed by atoms with Gasteiger partial charge in [-0.05, 0) is 48.2 Å². The number of nitriles is 1. The zero-order chi connectivity index (χ0) is 16.2. The Kier molecular flexibility index (Phi) is 5.11. The molecule has 2 rings (SSSR count). The van der Waals surface area contributed by atoms with E-state index in [4.69, 9.17) is 16.3 Å². The van der Waals surface area contributed by atoms with E-state index >= 15 is 0 Å². The second-order valence-corrected chi connectivity index (χ2v) is 6.41. The molecule has 0 saturated heterocycles. The van der Waals surface area contributed by atoms with E-state index in [0.717, 1.165) is 5.56 Å². The molecule has 0 radical (unpaired) electrons. The predicted molar refractivity (Wildman–Crippen MR) is 90.3 cm³/mol. The maximum absolute atomic E-state index is 9.50. The number of hydrogen-bond donors (Lipinski definition) is 0. The van der Waals surface area contributed by atoms with Crippen molar-refractivity contribution in [1.82, 2.24) is 0 Å². The molecular formula is C19H20ClNO. The van der Waals surface area contributed by atoms with E-state index in [0.29, 0.717) is 23.1 Å². The maximum Gasteiger partial charge on any atom is 0.195 e. The minimum atomic E-state index is -0.910. The number of rotatable bonds is 5. The van der Waals surface area contributed by atoms with Gasteiger partial charge < -0.3 is 4.74 Å². The summed E-state index contributed by atoms with van der Waals surface area (Å²) in [6, 6.07) is 17.7. The molecule has 0 bridgehead atoms. The van der Waals surface area contributed by atoms with Crippen LogP contribution in [0.2, 0.25) is 5.02 Å². The van der Waals surface area contributed by atoms with Crippen LogP contribution in [0, 0.1) is 11.3 Å². The standard InChI is InChI=1S/C19H20ClNO/c1-14(2)16-6-10-18(11-7-16)22-19(3,13-21)12-15-4-8-17(20)9-5-15/h4-11,14H,12H2,1-3H3/t19-/m1/s1. The van der Waals surface area contributed by atoms with Crippen molar-refractivity contribution in [3.05, 3.63) is 64.7 Å². The summed E-state index contributed by atoms with van der Waals surface area (Å²) in [5, 5.41) is 10.2. The third-order valence-electron chi connectivity index (χ3n) is 3.58. The van der Waals surface area contributed by atoms with Crippen molar-refractivity contribution < 1.29 is 4.74 Å². The summed E-state index contributed by atoms with van der Waals surface area (Å²) in [5.74, 6) is 1.19. The lowest BCUT2D eigenvalue weighted by molar-refractivity contribution is 0.149. The highest BCUT2D eigenvalue weighted by atomic mass is 35.5. The van der Waals surface area contributed by atoms with Crippen molar-refractivity contribution in [3.63, 3.8) is 0 Å². The van der Waals surface area contributed by atoms with Crippen molar-refractivity contribution in [2.24, 2.45) is 0 Å². The van der Waals surface area contributed by atoms with Gasteiger partial charge in [0.2, 0.25) is 0 Å². The average Bonchev–Trinajstić information content (AvgIpc) is 2.50. The number of nitrogens with zero attached hydrogens (tertiary/aromatic N) is 1. The van der Waals surface area contributed by atoms with E-state index in [1.165, 1.54) is 5.56 Å². The normalized spacial score (nSPS) is 13.5. The SMILES string of the molecule is CC(C)c1ccc(O[C@@](C)(C#N)Cc2ccc(Cl)cc2)cc1. The molecule has 0 N–H and O–H groups in total. The summed E-state index contributed by atoms with van der Waals surface area (Å²) in [5.41, 5.74) is 1.36. The number of ether oxygens (including phenoxy) is 1. The molecular weight excluding hydrogens is 294 g/mol. The highest BCUT2D eigenvalue weighted by Crippen LogP contribution is 2.25. The van der Waals surface area contributed by atoms with Crippen LogP contribution in [0.1, 0.15) is 37.8 Å². The van der Waals surface area contributed by atoms with Gasteiger partial charge in [0, 0.05) is 11.4 Å². The van der Waals surface area contributed by atoms with E-state index < -0.39 is 5.60 Å². The first-order chi connectivity index (χ1) is 10.4. The van der Waals surface area contributed by atoms with Gasteiger partial charge in [0.15, 0.2) is 5.60 Å². The molecule has 0 aliphatic carbocycles. The molecule has 3 heteroatoms. The van der Waals surface area contributed by atoms with E-state index in [1.54, 1.807) is 6.92 Å². The Hall–Kier alpha value is -1.98. The van der Waals surface area contributed by atoms with E-state index in [1.807, 2.05) is 48.5 Å². The molecule has 2 aromatic carbocycles. The van der Waals surface area contributed by atoms with E-state index in [2.05, 4.69) is 19.9 Å². The Morgan fingerprint density at radius 3 is 2.18 bits per heavy atom. The largest absolute Gasteiger partial charge is 0.472 e. The summed E-state index contributed by atoms with van der Waals surface area (Å²) < 4.78 is 5.93. The number of halogens is 1. The predicted octanol–water partition coefficient (Wildman–Crippen LogP) is 5.37. The lowest BCUT2D eigenvalue weighted by Crippen LogP contribution is -2.33. The monoisotopic (exact) mass is 313 g/mol. The summed E-state index contributed by atoms with van der Waals surface area (Å²) in [6.07, 6.45) is 0.507. The third-order valence-corrected chi connectivity index (χ3v) is 3.83. The highest BCUT2D eigenvalue weighted by Gasteiger charge is 2.26. The first-order valence-corrected chi connectivity index (χ1v) is 7.74.